The van der Waals surface area contributed by atoms with Gasteiger partial charge in [-0.3, -0.25) is 0 Å². The molecule has 0 N–H and O–H groups in total. The molecular formula is C9H9BrN2OS. The lowest BCUT2D eigenvalue weighted by molar-refractivity contribution is 0.482. The van der Waals surface area contributed by atoms with Gasteiger partial charge in [0.05, 0.1) is 8.66 Å². The molecule has 2 rings (SSSR count). The largest absolute Gasteiger partial charge is 0.420 e. The van der Waals surface area contributed by atoms with Crippen molar-refractivity contribution >= 4 is 27.3 Å². The van der Waals surface area contributed by atoms with E-state index in [-0.39, 0.29) is 5.92 Å². The van der Waals surface area contributed by atoms with Crippen molar-refractivity contribution in [2.45, 2.75) is 19.8 Å². The van der Waals surface area contributed by atoms with E-state index in [0.29, 0.717) is 11.8 Å². The summed E-state index contributed by atoms with van der Waals surface area (Å²) >= 11 is 4.98. The molecule has 0 amide bonds. The lowest BCUT2D eigenvalue weighted by Crippen LogP contribution is -1.85. The first-order chi connectivity index (χ1) is 6.66. The first kappa shape index (κ1) is 9.86. The second-order valence-corrected chi connectivity index (χ2v) is 5.67. The zero-order chi connectivity index (χ0) is 10.1. The predicted octanol–water partition coefficient (Wildman–Crippen LogP) is 3.68. The smallest absolute Gasteiger partial charge is 0.257 e. The van der Waals surface area contributed by atoms with Gasteiger partial charge in [0.1, 0.15) is 0 Å². The van der Waals surface area contributed by atoms with Gasteiger partial charge < -0.3 is 4.42 Å². The standard InChI is InChI=1S/C9H9BrN2OS/c1-5(2)8-11-12-9(13-8)6-3-4-7(10)14-6/h3-5H,1-2H3. The van der Waals surface area contributed by atoms with Crippen molar-refractivity contribution in [1.29, 1.82) is 0 Å². The number of halogens is 1. The highest BCUT2D eigenvalue weighted by Crippen LogP contribution is 2.31. The van der Waals surface area contributed by atoms with Crippen LogP contribution < -0.4 is 0 Å². The van der Waals surface area contributed by atoms with Gasteiger partial charge in [0.15, 0.2) is 0 Å². The molecule has 0 fully saturated rings. The maximum Gasteiger partial charge on any atom is 0.257 e. The summed E-state index contributed by atoms with van der Waals surface area (Å²) in [6.07, 6.45) is 0. The second-order valence-electron chi connectivity index (χ2n) is 3.20. The fraction of sp³-hybridized carbons (Fsp3) is 0.333. The van der Waals surface area contributed by atoms with E-state index in [1.54, 1.807) is 11.3 Å². The van der Waals surface area contributed by atoms with Crippen LogP contribution >= 0.6 is 27.3 Å². The Kier molecular flexibility index (Phi) is 2.69. The van der Waals surface area contributed by atoms with Crippen LogP contribution in [0.5, 0.6) is 0 Å². The SMILES string of the molecule is CC(C)c1nnc(-c2ccc(Br)s2)o1. The molecule has 3 nitrogen and oxygen atoms in total. The molecule has 74 valence electrons. The molecule has 14 heavy (non-hydrogen) atoms. The summed E-state index contributed by atoms with van der Waals surface area (Å²) < 4.78 is 6.58. The molecule has 2 aromatic rings. The molecule has 0 spiro atoms. The molecule has 5 heteroatoms. The molecule has 2 heterocycles. The summed E-state index contributed by atoms with van der Waals surface area (Å²) in [4.78, 5) is 0.997. The number of hydrogen-bond acceptors (Lipinski definition) is 4. The van der Waals surface area contributed by atoms with Crippen LogP contribution in [0.1, 0.15) is 25.7 Å². The van der Waals surface area contributed by atoms with Crippen molar-refractivity contribution in [3.8, 4) is 10.8 Å². The molecule has 0 atom stereocenters. The van der Waals surface area contributed by atoms with Gasteiger partial charge in [-0.2, -0.15) is 0 Å². The molecular weight excluding hydrogens is 264 g/mol. The van der Waals surface area contributed by atoms with Gasteiger partial charge in [0.2, 0.25) is 5.89 Å². The highest BCUT2D eigenvalue weighted by Gasteiger charge is 2.12. The van der Waals surface area contributed by atoms with Crippen molar-refractivity contribution in [1.82, 2.24) is 10.2 Å². The Morgan fingerprint density at radius 2 is 2.14 bits per heavy atom. The van der Waals surface area contributed by atoms with E-state index >= 15 is 0 Å². The molecule has 0 aliphatic heterocycles. The van der Waals surface area contributed by atoms with Crippen LogP contribution in [-0.2, 0) is 0 Å². The van der Waals surface area contributed by atoms with Crippen LogP contribution in [-0.4, -0.2) is 10.2 Å². The van der Waals surface area contributed by atoms with Crippen molar-refractivity contribution in [3.63, 3.8) is 0 Å². The van der Waals surface area contributed by atoms with E-state index in [2.05, 4.69) is 26.1 Å². The minimum atomic E-state index is 0.277. The van der Waals surface area contributed by atoms with Gasteiger partial charge in [-0.15, -0.1) is 21.5 Å². The third kappa shape index (κ3) is 1.88. The fourth-order valence-corrected chi connectivity index (χ4v) is 2.30. The van der Waals surface area contributed by atoms with Crippen LogP contribution in [0.15, 0.2) is 20.3 Å². The van der Waals surface area contributed by atoms with E-state index < -0.39 is 0 Å². The molecule has 0 bridgehead atoms. The normalized spacial score (nSPS) is 11.1. The maximum absolute atomic E-state index is 5.51. The average molecular weight is 273 g/mol. The fourth-order valence-electron chi connectivity index (χ4n) is 0.997. The Morgan fingerprint density at radius 1 is 1.36 bits per heavy atom. The molecule has 0 saturated carbocycles. The van der Waals surface area contributed by atoms with Gasteiger partial charge >= 0.3 is 0 Å². The van der Waals surface area contributed by atoms with E-state index in [4.69, 9.17) is 4.42 Å². The zero-order valence-electron chi connectivity index (χ0n) is 7.82. The number of aromatic nitrogens is 2. The summed E-state index contributed by atoms with van der Waals surface area (Å²) in [5.74, 6) is 1.56. The Morgan fingerprint density at radius 3 is 2.64 bits per heavy atom. The third-order valence-corrected chi connectivity index (χ3v) is 3.33. The molecule has 2 aromatic heterocycles. The number of rotatable bonds is 2. The molecule has 0 aliphatic carbocycles. The van der Waals surface area contributed by atoms with Crippen molar-refractivity contribution in [3.05, 3.63) is 21.8 Å². The first-order valence-corrected chi connectivity index (χ1v) is 5.87. The van der Waals surface area contributed by atoms with Crippen molar-refractivity contribution in [2.75, 3.05) is 0 Å². The lowest BCUT2D eigenvalue weighted by Gasteiger charge is -1.93. The van der Waals surface area contributed by atoms with Gasteiger partial charge in [0.25, 0.3) is 5.89 Å². The number of nitrogens with zero attached hydrogens (tertiary/aromatic N) is 2. The van der Waals surface area contributed by atoms with E-state index in [1.807, 2.05) is 26.0 Å². The minimum absolute atomic E-state index is 0.277. The number of hydrogen-bond donors (Lipinski definition) is 0. The monoisotopic (exact) mass is 272 g/mol. The first-order valence-electron chi connectivity index (χ1n) is 4.26. The van der Waals surface area contributed by atoms with Gasteiger partial charge in [-0.05, 0) is 28.1 Å². The number of thiophene rings is 1. The Hall–Kier alpha value is -0.680. The predicted molar refractivity (Wildman–Crippen MR) is 59.4 cm³/mol. The Bertz CT molecular complexity index is 435. The van der Waals surface area contributed by atoms with Crippen molar-refractivity contribution in [2.24, 2.45) is 0 Å². The van der Waals surface area contributed by atoms with E-state index in [9.17, 15) is 0 Å². The van der Waals surface area contributed by atoms with Crippen LogP contribution in [0.3, 0.4) is 0 Å². The van der Waals surface area contributed by atoms with Gasteiger partial charge in [0, 0.05) is 5.92 Å². The highest BCUT2D eigenvalue weighted by atomic mass is 79.9. The molecule has 0 saturated heterocycles. The summed E-state index contributed by atoms with van der Waals surface area (Å²) in [5, 5.41) is 7.97. The third-order valence-electron chi connectivity index (χ3n) is 1.72. The summed E-state index contributed by atoms with van der Waals surface area (Å²) in [6, 6.07) is 3.94. The van der Waals surface area contributed by atoms with Gasteiger partial charge in [-0.1, -0.05) is 13.8 Å². The van der Waals surface area contributed by atoms with Gasteiger partial charge in [-0.25, -0.2) is 0 Å². The molecule has 0 radical (unpaired) electrons. The van der Waals surface area contributed by atoms with Crippen LogP contribution in [0.4, 0.5) is 0 Å². The molecule has 0 aliphatic rings. The molecule has 0 unspecified atom stereocenters. The quantitative estimate of drug-likeness (QED) is 0.837. The second kappa shape index (κ2) is 3.82. The summed E-state index contributed by atoms with van der Waals surface area (Å²) in [7, 11) is 0. The average Bonchev–Trinajstić information content (AvgIpc) is 2.70. The van der Waals surface area contributed by atoms with Crippen LogP contribution in [0.2, 0.25) is 0 Å². The van der Waals surface area contributed by atoms with Crippen LogP contribution in [0, 0.1) is 0 Å². The summed E-state index contributed by atoms with van der Waals surface area (Å²) in [5.41, 5.74) is 0. The minimum Gasteiger partial charge on any atom is -0.420 e. The maximum atomic E-state index is 5.51. The lowest BCUT2D eigenvalue weighted by atomic mass is 10.2. The van der Waals surface area contributed by atoms with E-state index in [1.165, 1.54) is 0 Å². The topological polar surface area (TPSA) is 38.9 Å². The van der Waals surface area contributed by atoms with E-state index in [0.717, 1.165) is 8.66 Å². The highest BCUT2D eigenvalue weighted by molar-refractivity contribution is 9.11. The zero-order valence-corrected chi connectivity index (χ0v) is 10.2. The van der Waals surface area contributed by atoms with Crippen LogP contribution in [0.25, 0.3) is 10.8 Å². The Balaban J connectivity index is 2.33. The van der Waals surface area contributed by atoms with Crippen molar-refractivity contribution < 1.29 is 4.42 Å². The Labute approximate surface area is 94.3 Å². The summed E-state index contributed by atoms with van der Waals surface area (Å²) in [6.45, 7) is 4.06. The molecule has 0 aromatic carbocycles.